The Morgan fingerprint density at radius 3 is 1.42 bits per heavy atom. The zero-order valence-electron chi connectivity index (χ0n) is 26.7. The van der Waals surface area contributed by atoms with Gasteiger partial charge in [-0.25, -0.2) is 0 Å². The molecular formula is C34H46O9. The van der Waals surface area contributed by atoms with Crippen LogP contribution in [0.3, 0.4) is 0 Å². The van der Waals surface area contributed by atoms with Crippen LogP contribution in [0.25, 0.3) is 0 Å². The van der Waals surface area contributed by atoms with E-state index in [1.54, 1.807) is 0 Å². The summed E-state index contributed by atoms with van der Waals surface area (Å²) in [6.07, 6.45) is 5.87. The van der Waals surface area contributed by atoms with E-state index in [1.807, 2.05) is 0 Å². The predicted octanol–water partition coefficient (Wildman–Crippen LogP) is 5.31. The van der Waals surface area contributed by atoms with Gasteiger partial charge in [0.1, 0.15) is 12.2 Å². The molecule has 4 heterocycles. The molecule has 2 spiro atoms. The van der Waals surface area contributed by atoms with Crippen molar-refractivity contribution in [1.82, 2.24) is 0 Å². The summed E-state index contributed by atoms with van der Waals surface area (Å²) in [4.78, 5) is 24.9. The zero-order valence-corrected chi connectivity index (χ0v) is 26.7. The molecule has 2 saturated carbocycles. The lowest BCUT2D eigenvalue weighted by Gasteiger charge is -2.65. The minimum Gasteiger partial charge on any atom is -0.458 e. The van der Waals surface area contributed by atoms with Gasteiger partial charge in [0.15, 0.2) is 36.4 Å². The molecule has 0 radical (unpaired) electrons. The molecule has 4 bridgehead atoms. The molecule has 8 aliphatic rings. The molecule has 236 valence electrons. The molecular weight excluding hydrogens is 552 g/mol. The quantitative estimate of drug-likeness (QED) is 0.309. The maximum absolute atomic E-state index is 12.5. The maximum Gasteiger partial charge on any atom is 0.303 e. The van der Waals surface area contributed by atoms with Crippen molar-refractivity contribution >= 4 is 11.9 Å². The molecule has 9 heteroatoms. The highest BCUT2D eigenvalue weighted by Gasteiger charge is 2.83. The fraction of sp³-hybridized carbons (Fsp3) is 0.824. The summed E-state index contributed by atoms with van der Waals surface area (Å²) in [5.74, 6) is -0.715. The summed E-state index contributed by atoms with van der Waals surface area (Å²) >= 11 is 0. The van der Waals surface area contributed by atoms with Crippen LogP contribution in [0.15, 0.2) is 23.3 Å². The summed E-state index contributed by atoms with van der Waals surface area (Å²) in [5, 5.41) is 0. The van der Waals surface area contributed by atoms with E-state index < -0.39 is 59.4 Å². The minimum absolute atomic E-state index is 0.0502. The maximum atomic E-state index is 12.5. The van der Waals surface area contributed by atoms with E-state index in [9.17, 15) is 9.59 Å². The van der Waals surface area contributed by atoms with Gasteiger partial charge < -0.3 is 33.2 Å². The third kappa shape index (κ3) is 3.26. The first-order chi connectivity index (χ1) is 20.1. The van der Waals surface area contributed by atoms with Crippen LogP contribution in [-0.4, -0.2) is 60.5 Å². The molecule has 0 aromatic rings. The highest BCUT2D eigenvalue weighted by atomic mass is 16.9. The first-order valence-electron chi connectivity index (χ1n) is 16.2. The van der Waals surface area contributed by atoms with Crippen LogP contribution in [0.5, 0.6) is 0 Å². The number of carbonyl (C=O) groups excluding carboxylic acids is 2. The summed E-state index contributed by atoms with van der Waals surface area (Å²) in [6.45, 7) is 16.5. The van der Waals surface area contributed by atoms with Crippen LogP contribution < -0.4 is 0 Å². The lowest BCUT2D eigenvalue weighted by atomic mass is 9.45. The van der Waals surface area contributed by atoms with Gasteiger partial charge in [-0.3, -0.25) is 9.59 Å². The van der Waals surface area contributed by atoms with Gasteiger partial charge in [0.05, 0.1) is 0 Å². The number of rotatable bonds is 2. The van der Waals surface area contributed by atoms with Gasteiger partial charge in [0.2, 0.25) is 0 Å². The Balaban J connectivity index is 1.36. The van der Waals surface area contributed by atoms with Gasteiger partial charge in [-0.05, 0) is 48.7 Å². The summed E-state index contributed by atoms with van der Waals surface area (Å²) in [7, 11) is 0. The van der Waals surface area contributed by atoms with Crippen LogP contribution in [0.4, 0.5) is 0 Å². The average molecular weight is 599 g/mol. The van der Waals surface area contributed by atoms with Crippen LogP contribution in [0, 0.1) is 33.5 Å². The summed E-state index contributed by atoms with van der Waals surface area (Å²) in [5.41, 5.74) is -1.66. The second kappa shape index (κ2) is 8.52. The molecule has 0 aromatic carbocycles. The second-order valence-corrected chi connectivity index (χ2v) is 16.3. The van der Waals surface area contributed by atoms with Crippen molar-refractivity contribution in [3.05, 3.63) is 23.3 Å². The van der Waals surface area contributed by atoms with Gasteiger partial charge in [0.25, 0.3) is 0 Å². The van der Waals surface area contributed by atoms with Gasteiger partial charge >= 0.3 is 11.9 Å². The molecule has 8 rings (SSSR count). The molecule has 0 amide bonds. The number of hydrogen-bond acceptors (Lipinski definition) is 9. The number of ether oxygens (including phenoxy) is 7. The van der Waals surface area contributed by atoms with Crippen LogP contribution >= 0.6 is 0 Å². The van der Waals surface area contributed by atoms with Gasteiger partial charge in [0, 0.05) is 47.7 Å². The number of carbonyl (C=O) groups is 2. The van der Waals surface area contributed by atoms with E-state index in [-0.39, 0.29) is 34.6 Å². The second-order valence-electron chi connectivity index (χ2n) is 16.3. The van der Waals surface area contributed by atoms with E-state index in [2.05, 4.69) is 53.7 Å². The predicted molar refractivity (Wildman–Crippen MR) is 152 cm³/mol. The van der Waals surface area contributed by atoms with Gasteiger partial charge in [-0.2, -0.15) is 0 Å². The van der Waals surface area contributed by atoms with Crippen molar-refractivity contribution in [2.45, 2.75) is 142 Å². The third-order valence-electron chi connectivity index (χ3n) is 13.1. The fourth-order valence-electron chi connectivity index (χ4n) is 11.9. The van der Waals surface area contributed by atoms with Crippen LogP contribution in [-0.2, 0) is 42.7 Å². The molecule has 12 atom stereocenters. The molecule has 43 heavy (non-hydrogen) atoms. The van der Waals surface area contributed by atoms with E-state index in [0.717, 1.165) is 49.7 Å². The van der Waals surface area contributed by atoms with Crippen molar-refractivity contribution in [2.24, 2.45) is 33.5 Å². The first kappa shape index (κ1) is 28.7. The van der Waals surface area contributed by atoms with E-state index in [1.165, 1.54) is 13.8 Å². The molecule has 6 unspecified atom stereocenters. The topological polar surface area (TPSA) is 98.8 Å². The highest BCUT2D eigenvalue weighted by molar-refractivity contribution is 5.67. The first-order valence-corrected chi connectivity index (χ1v) is 16.2. The smallest absolute Gasteiger partial charge is 0.303 e. The molecule has 0 aromatic heterocycles. The van der Waals surface area contributed by atoms with E-state index >= 15 is 0 Å². The van der Waals surface area contributed by atoms with Crippen LogP contribution in [0.1, 0.15) is 93.9 Å². The molecule has 4 aliphatic heterocycles. The van der Waals surface area contributed by atoms with Crippen molar-refractivity contribution in [1.29, 1.82) is 0 Å². The minimum atomic E-state index is -1.01. The molecule has 4 aliphatic carbocycles. The van der Waals surface area contributed by atoms with Crippen molar-refractivity contribution < 1.29 is 42.7 Å². The Morgan fingerprint density at radius 1 is 0.651 bits per heavy atom. The summed E-state index contributed by atoms with van der Waals surface area (Å²) in [6, 6.07) is 0. The molecule has 4 saturated heterocycles. The zero-order chi connectivity index (χ0) is 30.5. The third-order valence-corrected chi connectivity index (χ3v) is 13.1. The molecule has 6 fully saturated rings. The normalized spacial score (nSPS) is 52.8. The Morgan fingerprint density at radius 2 is 1.05 bits per heavy atom. The monoisotopic (exact) mass is 598 g/mol. The van der Waals surface area contributed by atoms with Crippen molar-refractivity contribution in [3.8, 4) is 0 Å². The molecule has 0 N–H and O–H groups in total. The lowest BCUT2D eigenvalue weighted by Crippen LogP contribution is -2.72. The van der Waals surface area contributed by atoms with E-state index in [0.29, 0.717) is 0 Å². The number of esters is 2. The number of hydrogen-bond donors (Lipinski definition) is 0. The average Bonchev–Trinajstić information content (AvgIpc) is 3.18. The largest absolute Gasteiger partial charge is 0.458 e. The van der Waals surface area contributed by atoms with Crippen LogP contribution in [0.2, 0.25) is 0 Å². The summed E-state index contributed by atoms with van der Waals surface area (Å²) < 4.78 is 47.4. The Labute approximate surface area is 253 Å². The molecule has 9 nitrogen and oxygen atoms in total. The Kier molecular flexibility index (Phi) is 5.68. The SMILES string of the molecule is CC(=O)O[C@@H]1C=C2C3OC4OC5OC(O[C@@]24[C@@]2(C)CCCC(C)(C)C12)C1=C[C@@H](OC(C)=O)C2C(C)(C)CCC[C@]2(C)[C@]15O3. The van der Waals surface area contributed by atoms with Crippen molar-refractivity contribution in [3.63, 3.8) is 0 Å². The van der Waals surface area contributed by atoms with Crippen molar-refractivity contribution in [2.75, 3.05) is 0 Å². The number of fused-ring (bicyclic) bond motifs is 6. The van der Waals surface area contributed by atoms with Gasteiger partial charge in [-0.15, -0.1) is 0 Å². The van der Waals surface area contributed by atoms with Gasteiger partial charge in [-0.1, -0.05) is 54.4 Å². The van der Waals surface area contributed by atoms with E-state index in [4.69, 9.17) is 33.2 Å². The standard InChI is InChI=1S/C34H46O9/c1-17(35)37-21-15-19-25-39-27-33(19,31(7)13-9-11-29(3,4)23(21)31)43-26-20-16-22(38-18(2)36)24-30(5,6)12-10-14-32(24,8)34(20,42-25)28(40-26)41-27/h15-16,21-28H,9-14H2,1-8H3/t21-,22-,23?,24?,25?,26?,27?,28?,31+,32+,33+,34+/m1/s1. The lowest BCUT2D eigenvalue weighted by molar-refractivity contribution is -0.295. The Hall–Kier alpha value is -1.78. The fourth-order valence-corrected chi connectivity index (χ4v) is 11.9. The Bertz CT molecular complexity index is 1250. The highest BCUT2D eigenvalue weighted by Crippen LogP contribution is 2.74.